The molecule has 2 fully saturated rings. The summed E-state index contributed by atoms with van der Waals surface area (Å²) in [4.78, 5) is 45.0. The van der Waals surface area contributed by atoms with Gasteiger partial charge in [-0.15, -0.1) is 0 Å². The van der Waals surface area contributed by atoms with Gasteiger partial charge in [0, 0.05) is 10.5 Å². The van der Waals surface area contributed by atoms with Crippen LogP contribution in [0.5, 0.6) is 0 Å². The number of carbonyl (C=O) groups excluding carboxylic acids is 4. The zero-order valence-corrected chi connectivity index (χ0v) is 12.4. The smallest absolute Gasteiger partial charge is 0.322 e. The van der Waals surface area contributed by atoms with E-state index in [1.807, 2.05) is 13.8 Å². The summed E-state index contributed by atoms with van der Waals surface area (Å²) in [7, 11) is 2.77. The Kier molecular flexibility index (Phi) is 4.43. The summed E-state index contributed by atoms with van der Waals surface area (Å²) in [6.45, 7) is 3.63. The molecule has 4 atom stereocenters. The van der Waals surface area contributed by atoms with Crippen LogP contribution >= 0.6 is 21.6 Å². The number of hydrogen-bond donors (Lipinski definition) is 4. The first-order chi connectivity index (χ1) is 9.38. The van der Waals surface area contributed by atoms with Crippen LogP contribution in [0.15, 0.2) is 0 Å². The van der Waals surface area contributed by atoms with Gasteiger partial charge in [-0.1, -0.05) is 21.6 Å². The molecule has 6 amide bonds. The standard InChI is InChI=1S/C10H14N4O4S2/c1-3(5-7(15)13-9(17)11-5)19-20-4(2)6-8(16)14-10(18)12-6/h3-6H,1-2H3,(H2,11,13,15,17)(H2,12,14,16,18). The molecular formula is C10H14N4O4S2. The maximum Gasteiger partial charge on any atom is 0.322 e. The second kappa shape index (κ2) is 5.92. The molecule has 10 heteroatoms. The predicted octanol–water partition coefficient (Wildman–Crippen LogP) is -0.439. The first-order valence-electron chi connectivity index (χ1n) is 5.93. The van der Waals surface area contributed by atoms with Gasteiger partial charge in [0.2, 0.25) is 0 Å². The van der Waals surface area contributed by atoms with Crippen LogP contribution in [0.3, 0.4) is 0 Å². The van der Waals surface area contributed by atoms with Gasteiger partial charge in [0.1, 0.15) is 12.1 Å². The first-order valence-corrected chi connectivity index (χ1v) is 8.21. The van der Waals surface area contributed by atoms with E-state index in [0.29, 0.717) is 0 Å². The molecular weight excluding hydrogens is 304 g/mol. The van der Waals surface area contributed by atoms with Crippen molar-refractivity contribution in [1.82, 2.24) is 21.3 Å². The summed E-state index contributed by atoms with van der Waals surface area (Å²) in [6, 6.07) is -2.15. The van der Waals surface area contributed by atoms with Crippen LogP contribution in [0.1, 0.15) is 13.8 Å². The van der Waals surface area contributed by atoms with E-state index < -0.39 is 24.1 Å². The molecule has 4 N–H and O–H groups in total. The number of hydrogen-bond acceptors (Lipinski definition) is 6. The van der Waals surface area contributed by atoms with Gasteiger partial charge >= 0.3 is 12.1 Å². The largest absolute Gasteiger partial charge is 0.325 e. The second-order valence-corrected chi connectivity index (χ2v) is 7.51. The molecule has 0 aliphatic carbocycles. The predicted molar refractivity (Wildman–Crippen MR) is 75.0 cm³/mol. The van der Waals surface area contributed by atoms with Crippen LogP contribution in [0, 0.1) is 0 Å². The van der Waals surface area contributed by atoms with Crippen molar-refractivity contribution in [2.45, 2.75) is 36.4 Å². The van der Waals surface area contributed by atoms with Gasteiger partial charge in [-0.2, -0.15) is 0 Å². The van der Waals surface area contributed by atoms with E-state index in [1.54, 1.807) is 0 Å². The molecule has 0 aromatic carbocycles. The molecule has 20 heavy (non-hydrogen) atoms. The van der Waals surface area contributed by atoms with Gasteiger partial charge in [0.15, 0.2) is 0 Å². The molecule has 0 saturated carbocycles. The van der Waals surface area contributed by atoms with Crippen molar-refractivity contribution in [3.63, 3.8) is 0 Å². The van der Waals surface area contributed by atoms with Gasteiger partial charge < -0.3 is 10.6 Å². The highest BCUT2D eigenvalue weighted by atomic mass is 33.1. The van der Waals surface area contributed by atoms with Crippen LogP contribution in [0.4, 0.5) is 9.59 Å². The van der Waals surface area contributed by atoms with Crippen LogP contribution in [-0.2, 0) is 9.59 Å². The average molecular weight is 318 g/mol. The number of urea groups is 2. The minimum atomic E-state index is -0.584. The Balaban J connectivity index is 1.82. The van der Waals surface area contributed by atoms with Crippen LogP contribution in [0.25, 0.3) is 0 Å². The van der Waals surface area contributed by atoms with E-state index in [0.717, 1.165) is 0 Å². The third-order valence-electron chi connectivity index (χ3n) is 2.91. The van der Waals surface area contributed by atoms with Crippen LogP contribution < -0.4 is 21.3 Å². The average Bonchev–Trinajstić information content (AvgIpc) is 2.88. The fraction of sp³-hybridized carbons (Fsp3) is 0.600. The number of rotatable bonds is 5. The molecule has 4 unspecified atom stereocenters. The van der Waals surface area contributed by atoms with Crippen LogP contribution in [-0.4, -0.2) is 46.5 Å². The lowest BCUT2D eigenvalue weighted by atomic mass is 10.2. The summed E-state index contributed by atoms with van der Waals surface area (Å²) in [5.74, 6) is -0.703. The quantitative estimate of drug-likeness (QED) is 0.403. The Morgan fingerprint density at radius 2 is 1.15 bits per heavy atom. The summed E-state index contributed by atoms with van der Waals surface area (Å²) in [5.41, 5.74) is 0. The van der Waals surface area contributed by atoms with Gasteiger partial charge in [0.05, 0.1) is 0 Å². The summed E-state index contributed by atoms with van der Waals surface area (Å²) >= 11 is 0. The Morgan fingerprint density at radius 1 is 0.800 bits per heavy atom. The molecule has 2 aliphatic rings. The lowest BCUT2D eigenvalue weighted by molar-refractivity contribution is -0.120. The lowest BCUT2D eigenvalue weighted by Gasteiger charge is -2.20. The Hall–Kier alpha value is -1.42. The van der Waals surface area contributed by atoms with Crippen LogP contribution in [0.2, 0.25) is 0 Å². The molecule has 8 nitrogen and oxygen atoms in total. The molecule has 0 aromatic heterocycles. The van der Waals surface area contributed by atoms with Gasteiger partial charge in [-0.05, 0) is 13.8 Å². The molecule has 0 bridgehead atoms. The summed E-state index contributed by atoms with van der Waals surface area (Å²) < 4.78 is 0. The second-order valence-electron chi connectivity index (χ2n) is 4.48. The van der Waals surface area contributed by atoms with Crippen molar-refractivity contribution in [1.29, 1.82) is 0 Å². The lowest BCUT2D eigenvalue weighted by Crippen LogP contribution is -2.39. The molecule has 2 heterocycles. The highest BCUT2D eigenvalue weighted by Gasteiger charge is 2.37. The Morgan fingerprint density at radius 3 is 1.40 bits per heavy atom. The van der Waals surface area contributed by atoms with E-state index >= 15 is 0 Å². The van der Waals surface area contributed by atoms with E-state index in [9.17, 15) is 19.2 Å². The highest BCUT2D eigenvalue weighted by molar-refractivity contribution is 8.77. The van der Waals surface area contributed by atoms with Gasteiger partial charge in [0.25, 0.3) is 11.8 Å². The Bertz CT molecular complexity index is 430. The Labute approximate surface area is 123 Å². The summed E-state index contributed by atoms with van der Waals surface area (Å²) in [6.07, 6.45) is 0. The molecule has 2 rings (SSSR count). The highest BCUT2D eigenvalue weighted by Crippen LogP contribution is 2.34. The molecule has 0 spiro atoms. The van der Waals surface area contributed by atoms with Crippen molar-refractivity contribution >= 4 is 45.5 Å². The molecule has 2 saturated heterocycles. The number of nitrogens with one attached hydrogen (secondary N) is 4. The van der Waals surface area contributed by atoms with Crippen molar-refractivity contribution in [3.8, 4) is 0 Å². The minimum Gasteiger partial charge on any atom is -0.325 e. The SMILES string of the molecule is CC(SSC(C)C1NC(=O)NC1=O)C1NC(=O)NC1=O. The third kappa shape index (κ3) is 3.18. The van der Waals surface area contributed by atoms with Crippen molar-refractivity contribution in [3.05, 3.63) is 0 Å². The van der Waals surface area contributed by atoms with Crippen molar-refractivity contribution in [2.75, 3.05) is 0 Å². The molecule has 0 aromatic rings. The summed E-state index contributed by atoms with van der Waals surface area (Å²) in [5, 5.41) is 9.08. The monoisotopic (exact) mass is 318 g/mol. The van der Waals surface area contributed by atoms with Crippen molar-refractivity contribution in [2.24, 2.45) is 0 Å². The number of carbonyl (C=O) groups is 4. The molecule has 2 aliphatic heterocycles. The fourth-order valence-electron chi connectivity index (χ4n) is 1.81. The third-order valence-corrected chi connectivity index (χ3v) is 6.33. The van der Waals surface area contributed by atoms with Gasteiger partial charge in [-0.25, -0.2) is 9.59 Å². The van der Waals surface area contributed by atoms with E-state index in [-0.39, 0.29) is 22.3 Å². The maximum absolute atomic E-state index is 11.5. The molecule has 110 valence electrons. The van der Waals surface area contributed by atoms with E-state index in [1.165, 1.54) is 21.6 Å². The number of imide groups is 2. The van der Waals surface area contributed by atoms with Crippen molar-refractivity contribution < 1.29 is 19.2 Å². The van der Waals surface area contributed by atoms with E-state index in [4.69, 9.17) is 0 Å². The molecule has 0 radical (unpaired) electrons. The topological polar surface area (TPSA) is 116 Å². The number of amides is 6. The van der Waals surface area contributed by atoms with Gasteiger partial charge in [-0.3, -0.25) is 20.2 Å². The van der Waals surface area contributed by atoms with E-state index in [2.05, 4.69) is 21.3 Å². The minimum absolute atomic E-state index is 0.158. The maximum atomic E-state index is 11.5. The zero-order chi connectivity index (χ0) is 14.9. The zero-order valence-electron chi connectivity index (χ0n) is 10.8. The first kappa shape index (κ1) is 15.0. The normalized spacial score (nSPS) is 28.5. The fourth-order valence-corrected chi connectivity index (χ4v) is 4.49.